The van der Waals surface area contributed by atoms with Crippen LogP contribution in [0.25, 0.3) is 0 Å². The number of rotatable bonds is 2. The smallest absolute Gasteiger partial charge is 0.290 e. The number of ether oxygens (including phenoxy) is 2. The Morgan fingerprint density at radius 3 is 3.00 bits per heavy atom. The average molecular weight is 184 g/mol. The molecule has 0 aromatic carbocycles. The zero-order chi connectivity index (χ0) is 9.10. The lowest BCUT2D eigenvalue weighted by atomic mass is 10.3. The van der Waals surface area contributed by atoms with E-state index in [-0.39, 0.29) is 12.0 Å². The molecule has 13 heavy (non-hydrogen) atoms. The van der Waals surface area contributed by atoms with E-state index in [1.165, 1.54) is 0 Å². The number of hydrogen-bond donors (Lipinski definition) is 0. The third-order valence-corrected chi connectivity index (χ3v) is 1.66. The summed E-state index contributed by atoms with van der Waals surface area (Å²) in [5.41, 5.74) is 0. The van der Waals surface area contributed by atoms with Gasteiger partial charge in [0.25, 0.3) is 5.89 Å². The number of nitrogens with zero attached hydrogens (tertiary/aromatic N) is 2. The maximum atomic E-state index is 10.2. The third-order valence-electron chi connectivity index (χ3n) is 1.66. The van der Waals surface area contributed by atoms with Gasteiger partial charge in [-0.1, -0.05) is 5.16 Å². The minimum Gasteiger partial charge on any atom is -0.376 e. The van der Waals surface area contributed by atoms with Gasteiger partial charge in [-0.3, -0.25) is 4.79 Å². The Morgan fingerprint density at radius 1 is 1.46 bits per heavy atom. The van der Waals surface area contributed by atoms with Crippen LogP contribution in [0.2, 0.25) is 0 Å². The fourth-order valence-electron chi connectivity index (χ4n) is 1.06. The first-order chi connectivity index (χ1) is 6.40. The minimum absolute atomic E-state index is 0.0378. The molecule has 1 fully saturated rings. The van der Waals surface area contributed by atoms with Crippen molar-refractivity contribution in [2.45, 2.75) is 6.10 Å². The molecule has 1 atom stereocenters. The van der Waals surface area contributed by atoms with Crippen LogP contribution >= 0.6 is 0 Å². The van der Waals surface area contributed by atoms with Crippen molar-refractivity contribution >= 4 is 6.29 Å². The molecule has 2 rings (SSSR count). The zero-order valence-corrected chi connectivity index (χ0v) is 6.80. The molecule has 70 valence electrons. The highest BCUT2D eigenvalue weighted by Crippen LogP contribution is 2.16. The Balaban J connectivity index is 2.09. The fraction of sp³-hybridized carbons (Fsp3) is 0.571. The van der Waals surface area contributed by atoms with Gasteiger partial charge >= 0.3 is 0 Å². The highest BCUT2D eigenvalue weighted by Gasteiger charge is 2.21. The summed E-state index contributed by atoms with van der Waals surface area (Å²) in [6.45, 7) is 1.49. The summed E-state index contributed by atoms with van der Waals surface area (Å²) < 4.78 is 15.0. The quantitative estimate of drug-likeness (QED) is 0.601. The zero-order valence-electron chi connectivity index (χ0n) is 6.80. The summed E-state index contributed by atoms with van der Waals surface area (Å²) in [6.07, 6.45) is 0.186. The van der Waals surface area contributed by atoms with Crippen molar-refractivity contribution < 1.29 is 18.8 Å². The van der Waals surface area contributed by atoms with Gasteiger partial charge in [-0.05, 0) is 0 Å². The van der Waals surface area contributed by atoms with Crippen LogP contribution in [0.15, 0.2) is 4.52 Å². The van der Waals surface area contributed by atoms with Gasteiger partial charge in [0, 0.05) is 0 Å². The number of carbonyl (C=O) groups excluding carboxylic acids is 1. The molecule has 0 spiro atoms. The van der Waals surface area contributed by atoms with Crippen LogP contribution in [-0.2, 0) is 9.47 Å². The molecular weight excluding hydrogens is 176 g/mol. The van der Waals surface area contributed by atoms with Gasteiger partial charge in [-0.15, -0.1) is 0 Å². The highest BCUT2D eigenvalue weighted by molar-refractivity contribution is 5.66. The number of hydrogen-bond acceptors (Lipinski definition) is 6. The summed E-state index contributed by atoms with van der Waals surface area (Å²) in [6, 6.07) is 0. The van der Waals surface area contributed by atoms with Crippen LogP contribution in [0.1, 0.15) is 22.6 Å². The molecule has 1 aliphatic heterocycles. The van der Waals surface area contributed by atoms with Crippen LogP contribution in [0.4, 0.5) is 0 Å². The Hall–Kier alpha value is -1.27. The molecule has 1 saturated heterocycles. The second kappa shape index (κ2) is 3.63. The van der Waals surface area contributed by atoms with Crippen molar-refractivity contribution in [3.63, 3.8) is 0 Å². The van der Waals surface area contributed by atoms with Gasteiger partial charge < -0.3 is 14.0 Å². The molecule has 0 amide bonds. The van der Waals surface area contributed by atoms with E-state index in [2.05, 4.69) is 14.7 Å². The first-order valence-corrected chi connectivity index (χ1v) is 3.88. The molecule has 0 saturated carbocycles. The van der Waals surface area contributed by atoms with Gasteiger partial charge in [-0.25, -0.2) is 0 Å². The molecule has 1 aromatic rings. The van der Waals surface area contributed by atoms with Gasteiger partial charge in [0.2, 0.25) is 12.1 Å². The van der Waals surface area contributed by atoms with Crippen molar-refractivity contribution in [3.05, 3.63) is 11.7 Å². The van der Waals surface area contributed by atoms with Crippen molar-refractivity contribution in [1.82, 2.24) is 10.1 Å². The second-order valence-electron chi connectivity index (χ2n) is 2.54. The number of aldehydes is 1. The largest absolute Gasteiger partial charge is 0.376 e. The summed E-state index contributed by atoms with van der Waals surface area (Å²) in [5, 5.41) is 3.59. The molecule has 6 heteroatoms. The molecule has 0 aliphatic carbocycles. The van der Waals surface area contributed by atoms with Crippen LogP contribution in [0, 0.1) is 0 Å². The van der Waals surface area contributed by atoms with Gasteiger partial charge in [0.1, 0.15) is 6.10 Å². The van der Waals surface area contributed by atoms with Crippen molar-refractivity contribution in [2.24, 2.45) is 0 Å². The number of aromatic nitrogens is 2. The van der Waals surface area contributed by atoms with Crippen LogP contribution < -0.4 is 0 Å². The SMILES string of the molecule is O=Cc1nc(C2COCCO2)no1. The summed E-state index contributed by atoms with van der Waals surface area (Å²) in [7, 11) is 0. The Bertz CT molecular complexity index is 292. The predicted octanol–water partition coefficient (Wildman–Crippen LogP) is -0.0300. The van der Waals surface area contributed by atoms with E-state index < -0.39 is 0 Å². The normalized spacial score (nSPS) is 22.9. The lowest BCUT2D eigenvalue weighted by Crippen LogP contribution is -2.22. The molecule has 0 N–H and O–H groups in total. The molecule has 1 unspecified atom stereocenters. The van der Waals surface area contributed by atoms with E-state index in [0.717, 1.165) is 0 Å². The first-order valence-electron chi connectivity index (χ1n) is 3.88. The van der Waals surface area contributed by atoms with Gasteiger partial charge in [-0.2, -0.15) is 4.98 Å². The molecule has 0 radical (unpaired) electrons. The van der Waals surface area contributed by atoms with Crippen molar-refractivity contribution in [2.75, 3.05) is 19.8 Å². The summed E-state index contributed by atoms with van der Waals surface area (Å²) in [4.78, 5) is 14.0. The van der Waals surface area contributed by atoms with Crippen molar-refractivity contribution in [1.29, 1.82) is 0 Å². The van der Waals surface area contributed by atoms with E-state index in [1.54, 1.807) is 0 Å². The van der Waals surface area contributed by atoms with Gasteiger partial charge in [0.05, 0.1) is 19.8 Å². The summed E-state index contributed by atoms with van der Waals surface area (Å²) in [5.74, 6) is 0.325. The Morgan fingerprint density at radius 2 is 2.38 bits per heavy atom. The third kappa shape index (κ3) is 1.73. The second-order valence-corrected chi connectivity index (χ2v) is 2.54. The summed E-state index contributed by atoms with van der Waals surface area (Å²) >= 11 is 0. The Labute approximate surface area is 73.8 Å². The van der Waals surface area contributed by atoms with Crippen LogP contribution in [0.5, 0.6) is 0 Å². The molecule has 2 heterocycles. The molecule has 1 aliphatic rings. The minimum atomic E-state index is -0.314. The molecule has 0 bridgehead atoms. The lowest BCUT2D eigenvalue weighted by molar-refractivity contribution is -0.0941. The standard InChI is InChI=1S/C7H8N2O4/c10-3-6-8-7(9-13-6)5-4-11-1-2-12-5/h3,5H,1-2,4H2. The maximum absolute atomic E-state index is 10.2. The monoisotopic (exact) mass is 184 g/mol. The fourth-order valence-corrected chi connectivity index (χ4v) is 1.06. The topological polar surface area (TPSA) is 74.5 Å². The van der Waals surface area contributed by atoms with E-state index in [1.807, 2.05) is 0 Å². The maximum Gasteiger partial charge on any atom is 0.290 e. The van der Waals surface area contributed by atoms with Gasteiger partial charge in [0.15, 0.2) is 0 Å². The van der Waals surface area contributed by atoms with Crippen LogP contribution in [-0.4, -0.2) is 36.2 Å². The van der Waals surface area contributed by atoms with Crippen LogP contribution in [0.3, 0.4) is 0 Å². The first kappa shape index (κ1) is 8.33. The Kier molecular flexibility index (Phi) is 2.33. The van der Waals surface area contributed by atoms with E-state index in [4.69, 9.17) is 9.47 Å². The van der Waals surface area contributed by atoms with E-state index in [0.29, 0.717) is 31.9 Å². The molecular formula is C7H8N2O4. The highest BCUT2D eigenvalue weighted by atomic mass is 16.6. The average Bonchev–Trinajstić information content (AvgIpc) is 2.67. The van der Waals surface area contributed by atoms with Crippen molar-refractivity contribution in [3.8, 4) is 0 Å². The number of carbonyl (C=O) groups is 1. The van der Waals surface area contributed by atoms with E-state index >= 15 is 0 Å². The predicted molar refractivity (Wildman–Crippen MR) is 39.2 cm³/mol. The molecule has 1 aromatic heterocycles. The van der Waals surface area contributed by atoms with E-state index in [9.17, 15) is 4.79 Å². The molecule has 6 nitrogen and oxygen atoms in total. The lowest BCUT2D eigenvalue weighted by Gasteiger charge is -2.19.